The molecular weight excluding hydrogens is 799 g/mol. The maximum atomic E-state index is 12.6. The maximum absolute atomic E-state index is 12.6. The average molecular weight is 875 g/mol. The lowest BCUT2D eigenvalue weighted by molar-refractivity contribution is -0.161. The molecule has 0 radical (unpaired) electrons. The van der Waals surface area contributed by atoms with Crippen LogP contribution in [0.4, 0.5) is 0 Å². The number of phosphoric ester groups is 1. The minimum atomic E-state index is -4.71. The van der Waals surface area contributed by atoms with Gasteiger partial charge in [0.15, 0.2) is 6.10 Å². The van der Waals surface area contributed by atoms with E-state index in [9.17, 15) is 34.4 Å². The van der Waals surface area contributed by atoms with Gasteiger partial charge >= 0.3 is 19.8 Å². The molecule has 12 nitrogen and oxygen atoms in total. The zero-order chi connectivity index (χ0) is 45.1. The molecule has 0 aromatic heterocycles. The van der Waals surface area contributed by atoms with E-state index in [1.807, 2.05) is 24.3 Å². The standard InChI is InChI=1S/C48H75O12P/c1-3-5-7-9-11-12-13-14-15-16-17-18-19-20-21-22-23-25-31-37-47(53)57-41-46(42-59-61(55,56)58-40-45(52)39-49)60-48(54)38-32-36-44(51)35-30-27-26-29-34-43(50)33-28-24-10-8-6-4-2/h5,7,11-12,14-15,17-18,20-21,23-30,34-35,43-46,49-52H,3-4,6,8-10,13,16,19,22,31-33,36-42H2,1-2H3,(H,55,56)/b7-5-,12-11-,15-14-,18-17-,21-20-,25-23-,27-26+,28-24-,34-29+,35-30-/t43-,44-,45-,46+/m0/s1. The SMILES string of the molecule is CC/C=C\C/C=C\C/C=C\C/C=C\C/C=C\C/C=C\CCC(=O)OC[C@H](COP(=O)(O)OC[C@@H](O)CO)OC(=O)CCC[C@@H](O)\C=C/C=C/C=C/[C@@H](O)C/C=C\CCCCC. The molecule has 0 rings (SSSR count). The Balaban J connectivity index is 4.70. The molecule has 61 heavy (non-hydrogen) atoms. The van der Waals surface area contributed by atoms with Gasteiger partial charge in [-0.05, 0) is 77.0 Å². The van der Waals surface area contributed by atoms with Crippen LogP contribution in [0.15, 0.2) is 122 Å². The lowest BCUT2D eigenvalue weighted by Crippen LogP contribution is -2.30. The first kappa shape index (κ1) is 57.3. The van der Waals surface area contributed by atoms with Crippen LogP contribution in [0.5, 0.6) is 0 Å². The molecule has 5 N–H and O–H groups in total. The Kier molecular flexibility index (Phi) is 39.1. The minimum absolute atomic E-state index is 0.0556. The predicted molar refractivity (Wildman–Crippen MR) is 244 cm³/mol. The molecule has 5 atom stereocenters. The highest BCUT2D eigenvalue weighted by molar-refractivity contribution is 7.47. The van der Waals surface area contributed by atoms with Crippen molar-refractivity contribution < 1.29 is 58.0 Å². The number of esters is 2. The number of hydrogen-bond donors (Lipinski definition) is 5. The third-order valence-corrected chi connectivity index (χ3v) is 9.25. The van der Waals surface area contributed by atoms with Gasteiger partial charge < -0.3 is 34.8 Å². The number of hydrogen-bond acceptors (Lipinski definition) is 11. The van der Waals surface area contributed by atoms with Crippen LogP contribution in [0.1, 0.15) is 117 Å². The summed E-state index contributed by atoms with van der Waals surface area (Å²) in [5.41, 5.74) is 0. The summed E-state index contributed by atoms with van der Waals surface area (Å²) in [4.78, 5) is 35.0. The second-order valence-corrected chi connectivity index (χ2v) is 15.5. The summed E-state index contributed by atoms with van der Waals surface area (Å²) in [6.07, 6.45) is 46.6. The third-order valence-electron chi connectivity index (χ3n) is 8.30. The van der Waals surface area contributed by atoms with Gasteiger partial charge in [0.2, 0.25) is 0 Å². The van der Waals surface area contributed by atoms with Gasteiger partial charge in [-0.2, -0.15) is 0 Å². The number of carbonyl (C=O) groups is 2. The van der Waals surface area contributed by atoms with E-state index in [2.05, 4.69) is 79.1 Å². The summed E-state index contributed by atoms with van der Waals surface area (Å²) in [6.45, 7) is 1.80. The van der Waals surface area contributed by atoms with Gasteiger partial charge in [0.25, 0.3) is 0 Å². The van der Waals surface area contributed by atoms with E-state index in [4.69, 9.17) is 19.1 Å². The Bertz CT molecular complexity index is 1460. The normalized spacial score (nSPS) is 16.0. The Labute approximate surface area is 365 Å². The number of carbonyl (C=O) groups excluding carboxylic acids is 2. The molecule has 0 heterocycles. The highest BCUT2D eigenvalue weighted by Crippen LogP contribution is 2.43. The molecule has 1 unspecified atom stereocenters. The van der Waals surface area contributed by atoms with Crippen LogP contribution in [0, 0.1) is 0 Å². The van der Waals surface area contributed by atoms with E-state index in [0.717, 1.165) is 44.9 Å². The number of aliphatic hydroxyl groups excluding tert-OH is 4. The van der Waals surface area contributed by atoms with Gasteiger partial charge in [-0.3, -0.25) is 18.6 Å². The van der Waals surface area contributed by atoms with Gasteiger partial charge in [0.1, 0.15) is 12.7 Å². The van der Waals surface area contributed by atoms with Crippen molar-refractivity contribution in [3.05, 3.63) is 122 Å². The maximum Gasteiger partial charge on any atom is 0.472 e. The molecule has 0 aliphatic heterocycles. The first-order chi connectivity index (χ1) is 29.5. The summed E-state index contributed by atoms with van der Waals surface area (Å²) in [6, 6.07) is 0. The molecule has 0 aromatic carbocycles. The fourth-order valence-electron chi connectivity index (χ4n) is 4.92. The van der Waals surface area contributed by atoms with Gasteiger partial charge in [-0.25, -0.2) is 4.57 Å². The van der Waals surface area contributed by atoms with Crippen molar-refractivity contribution in [1.82, 2.24) is 0 Å². The van der Waals surface area contributed by atoms with E-state index in [1.165, 1.54) is 12.8 Å². The zero-order valence-corrected chi connectivity index (χ0v) is 37.4. The van der Waals surface area contributed by atoms with Crippen LogP contribution in [-0.4, -0.2) is 88.1 Å². The smallest absolute Gasteiger partial charge is 0.462 e. The molecule has 0 aromatic rings. The fraction of sp³-hybridized carbons (Fsp3) is 0.542. The molecule has 344 valence electrons. The van der Waals surface area contributed by atoms with E-state index >= 15 is 0 Å². The Morgan fingerprint density at radius 2 is 1.13 bits per heavy atom. The molecule has 0 fully saturated rings. The Hall–Kier alpha value is -3.71. The van der Waals surface area contributed by atoms with Crippen LogP contribution >= 0.6 is 7.82 Å². The first-order valence-corrected chi connectivity index (χ1v) is 23.2. The largest absolute Gasteiger partial charge is 0.472 e. The quantitative estimate of drug-likeness (QED) is 0.0130. The minimum Gasteiger partial charge on any atom is -0.462 e. The number of allylic oxidation sites excluding steroid dienone is 17. The van der Waals surface area contributed by atoms with Crippen LogP contribution in [0.3, 0.4) is 0 Å². The van der Waals surface area contributed by atoms with Crippen LogP contribution in [0.2, 0.25) is 0 Å². The predicted octanol–water partition coefficient (Wildman–Crippen LogP) is 9.49. The van der Waals surface area contributed by atoms with Crippen LogP contribution in [0.25, 0.3) is 0 Å². The highest BCUT2D eigenvalue weighted by atomic mass is 31.2. The van der Waals surface area contributed by atoms with E-state index in [1.54, 1.807) is 36.5 Å². The number of unbranched alkanes of at least 4 members (excludes halogenated alkanes) is 3. The molecule has 13 heteroatoms. The van der Waals surface area contributed by atoms with Gasteiger partial charge in [0.05, 0.1) is 32.0 Å². The van der Waals surface area contributed by atoms with Crippen molar-refractivity contribution in [3.8, 4) is 0 Å². The summed E-state index contributed by atoms with van der Waals surface area (Å²) in [5, 5.41) is 38.6. The van der Waals surface area contributed by atoms with Crippen LogP contribution in [-0.2, 0) is 32.7 Å². The molecule has 0 aliphatic carbocycles. The molecule has 0 saturated carbocycles. The van der Waals surface area contributed by atoms with Gasteiger partial charge in [-0.1, -0.05) is 148 Å². The molecule has 0 aliphatic rings. The number of phosphoric acid groups is 1. The lowest BCUT2D eigenvalue weighted by Gasteiger charge is -2.20. The molecular formula is C48H75O12P. The summed E-state index contributed by atoms with van der Waals surface area (Å²) < 4.78 is 32.4. The van der Waals surface area contributed by atoms with Crippen molar-refractivity contribution in [1.29, 1.82) is 0 Å². The van der Waals surface area contributed by atoms with Crippen molar-refractivity contribution in [2.24, 2.45) is 0 Å². The van der Waals surface area contributed by atoms with Gasteiger partial charge in [0, 0.05) is 12.8 Å². The number of rotatable bonds is 38. The molecule has 0 amide bonds. The summed E-state index contributed by atoms with van der Waals surface area (Å²) >= 11 is 0. The summed E-state index contributed by atoms with van der Waals surface area (Å²) in [7, 11) is -4.71. The van der Waals surface area contributed by atoms with Gasteiger partial charge in [-0.15, -0.1) is 0 Å². The van der Waals surface area contributed by atoms with E-state index in [0.29, 0.717) is 19.3 Å². The lowest BCUT2D eigenvalue weighted by atomic mass is 10.1. The molecule has 0 spiro atoms. The Morgan fingerprint density at radius 3 is 1.70 bits per heavy atom. The average Bonchev–Trinajstić information content (AvgIpc) is 3.24. The number of ether oxygens (including phenoxy) is 2. The first-order valence-electron chi connectivity index (χ1n) is 21.7. The Morgan fingerprint density at radius 1 is 0.590 bits per heavy atom. The van der Waals surface area contributed by atoms with Crippen molar-refractivity contribution in [2.75, 3.05) is 26.4 Å². The third kappa shape index (κ3) is 41.4. The second kappa shape index (κ2) is 41.6. The zero-order valence-electron chi connectivity index (χ0n) is 36.5. The van der Waals surface area contributed by atoms with Crippen molar-refractivity contribution >= 4 is 19.8 Å². The van der Waals surface area contributed by atoms with Crippen molar-refractivity contribution in [2.45, 2.75) is 141 Å². The monoisotopic (exact) mass is 874 g/mol. The van der Waals surface area contributed by atoms with Crippen molar-refractivity contribution in [3.63, 3.8) is 0 Å². The van der Waals surface area contributed by atoms with Crippen LogP contribution < -0.4 is 0 Å². The molecule has 0 bridgehead atoms. The topological polar surface area (TPSA) is 189 Å². The number of aliphatic hydroxyl groups is 4. The fourth-order valence-corrected chi connectivity index (χ4v) is 5.71. The summed E-state index contributed by atoms with van der Waals surface area (Å²) in [5.74, 6) is -1.28. The molecule has 0 saturated heterocycles. The highest BCUT2D eigenvalue weighted by Gasteiger charge is 2.27. The van der Waals surface area contributed by atoms with E-state index in [-0.39, 0.29) is 25.7 Å². The van der Waals surface area contributed by atoms with E-state index < -0.39 is 70.6 Å². The second-order valence-electron chi connectivity index (χ2n) is 14.0.